The number of nitrogens with zero attached hydrogens (tertiary/aromatic N) is 4. The number of carbonyl (C=O) groups excluding carboxylic acids is 3. The maximum atomic E-state index is 14.3. The van der Waals surface area contributed by atoms with Crippen molar-refractivity contribution in [3.05, 3.63) is 58.7 Å². The zero-order valence-corrected chi connectivity index (χ0v) is 27.4. The molecular formula is C32H37FN5O7PS. The topological polar surface area (TPSA) is 153 Å². The Labute approximate surface area is 275 Å². The zero-order chi connectivity index (χ0) is 32.9. The fourth-order valence-corrected chi connectivity index (χ4v) is 8.85. The molecule has 6 heterocycles. The number of carbonyl (C=O) groups is 3. The average molecular weight is 686 g/mol. The Morgan fingerprint density at radius 2 is 1.87 bits per heavy atom. The van der Waals surface area contributed by atoms with Crippen LogP contribution < -0.4 is 10.2 Å². The number of rotatable bonds is 7. The van der Waals surface area contributed by atoms with Gasteiger partial charge in [0.05, 0.1) is 18.1 Å². The van der Waals surface area contributed by atoms with E-state index in [2.05, 4.69) is 15.2 Å². The molecule has 12 nitrogen and oxygen atoms in total. The molecule has 1 aromatic carbocycles. The molecule has 4 fully saturated rings. The number of morpholine rings is 1. The Morgan fingerprint density at radius 3 is 2.64 bits per heavy atom. The molecule has 4 aliphatic heterocycles. The second kappa shape index (κ2) is 12.9. The quantitative estimate of drug-likeness (QED) is 0.317. The molecule has 0 aliphatic carbocycles. The predicted molar refractivity (Wildman–Crippen MR) is 173 cm³/mol. The minimum atomic E-state index is -4.98. The third-order valence-corrected chi connectivity index (χ3v) is 11.8. The molecule has 4 aliphatic rings. The van der Waals surface area contributed by atoms with Gasteiger partial charge in [-0.2, -0.15) is 0 Å². The van der Waals surface area contributed by atoms with Gasteiger partial charge in [0.15, 0.2) is 0 Å². The van der Waals surface area contributed by atoms with Crippen LogP contribution in [0.1, 0.15) is 64.7 Å². The van der Waals surface area contributed by atoms with Crippen molar-refractivity contribution < 1.29 is 37.9 Å². The van der Waals surface area contributed by atoms with E-state index in [4.69, 9.17) is 4.74 Å². The van der Waals surface area contributed by atoms with Gasteiger partial charge in [-0.05, 0) is 67.3 Å². The molecule has 4 saturated heterocycles. The Hall–Kier alpha value is -3.42. The number of hydrogen-bond donors (Lipinski definition) is 3. The van der Waals surface area contributed by atoms with Crippen molar-refractivity contribution in [3.8, 4) is 0 Å². The summed E-state index contributed by atoms with van der Waals surface area (Å²) in [7, 11) is -4.98. The first kappa shape index (κ1) is 32.1. The highest BCUT2D eigenvalue weighted by atomic mass is 32.1. The molecule has 3 amide bonds. The summed E-state index contributed by atoms with van der Waals surface area (Å²) < 4.78 is 31.8. The normalized spacial score (nSPS) is 24.5. The number of amides is 3. The highest BCUT2D eigenvalue weighted by molar-refractivity contribution is 7.51. The second-order valence-electron chi connectivity index (χ2n) is 12.8. The van der Waals surface area contributed by atoms with Crippen LogP contribution in [0.25, 0.3) is 10.1 Å². The molecule has 3 N–H and O–H groups in total. The lowest BCUT2D eigenvalue weighted by Crippen LogP contribution is -2.58. The summed E-state index contributed by atoms with van der Waals surface area (Å²) >= 11 is 1.15. The number of benzene rings is 1. The third kappa shape index (κ3) is 6.29. The van der Waals surface area contributed by atoms with E-state index < -0.39 is 31.5 Å². The molecule has 0 radical (unpaired) electrons. The fourth-order valence-electron chi connectivity index (χ4n) is 7.35. The number of nitrogens with one attached hydrogen (secondary N) is 1. The van der Waals surface area contributed by atoms with Gasteiger partial charge in [-0.15, -0.1) is 11.3 Å². The first-order valence-electron chi connectivity index (χ1n) is 16.0. The number of fused-ring (bicyclic) bond motifs is 2. The van der Waals surface area contributed by atoms with Crippen molar-refractivity contribution >= 4 is 52.4 Å². The SMILES string of the molecule is O=C(N[C@H]1CCC[C@H]2CC[C@@H](C(=O)N3CC(c4cnccc4N4CCOCC4)C3)N2C1=O)c1cc2cc([C@@H](F)P(=O)(O)O)ccc2s1. The molecule has 0 unspecified atom stereocenters. The summed E-state index contributed by atoms with van der Waals surface area (Å²) in [6.45, 7) is 4.12. The molecule has 47 heavy (non-hydrogen) atoms. The van der Waals surface area contributed by atoms with Gasteiger partial charge < -0.3 is 34.5 Å². The van der Waals surface area contributed by atoms with Crippen molar-refractivity contribution in [2.24, 2.45) is 0 Å². The van der Waals surface area contributed by atoms with Crippen LogP contribution >= 0.6 is 18.9 Å². The van der Waals surface area contributed by atoms with Crippen LogP contribution in [0, 0.1) is 0 Å². The second-order valence-corrected chi connectivity index (χ2v) is 15.5. The van der Waals surface area contributed by atoms with E-state index in [-0.39, 0.29) is 29.3 Å². The third-order valence-electron chi connectivity index (χ3n) is 9.82. The summed E-state index contributed by atoms with van der Waals surface area (Å²) in [6, 6.07) is 6.30. The van der Waals surface area contributed by atoms with Crippen molar-refractivity contribution in [3.63, 3.8) is 0 Å². The van der Waals surface area contributed by atoms with Gasteiger partial charge in [0, 0.05) is 66.5 Å². The van der Waals surface area contributed by atoms with E-state index in [1.54, 1.807) is 11.1 Å². The van der Waals surface area contributed by atoms with Gasteiger partial charge in [0.2, 0.25) is 17.7 Å². The number of alkyl halides is 1. The molecule has 2 aromatic heterocycles. The Kier molecular flexibility index (Phi) is 8.81. The lowest BCUT2D eigenvalue weighted by molar-refractivity contribution is -0.148. The van der Waals surface area contributed by atoms with Crippen LogP contribution in [0.5, 0.6) is 0 Å². The fraction of sp³-hybridized carbons (Fsp3) is 0.500. The molecule has 0 spiro atoms. The number of pyridine rings is 1. The largest absolute Gasteiger partial charge is 0.378 e. The number of likely N-dealkylation sites (tertiary alicyclic amines) is 1. The van der Waals surface area contributed by atoms with E-state index in [0.717, 1.165) is 54.9 Å². The van der Waals surface area contributed by atoms with E-state index in [9.17, 15) is 33.1 Å². The van der Waals surface area contributed by atoms with Crippen molar-refractivity contribution in [1.29, 1.82) is 0 Å². The van der Waals surface area contributed by atoms with Crippen molar-refractivity contribution in [2.45, 2.75) is 62.1 Å². The van der Waals surface area contributed by atoms with Gasteiger partial charge in [-0.25, -0.2) is 4.39 Å². The monoisotopic (exact) mass is 685 g/mol. The number of hydrogen-bond acceptors (Lipinski definition) is 8. The van der Waals surface area contributed by atoms with Crippen molar-refractivity contribution in [2.75, 3.05) is 44.3 Å². The predicted octanol–water partition coefficient (Wildman–Crippen LogP) is 3.55. The summed E-state index contributed by atoms with van der Waals surface area (Å²) in [5.74, 6) is -3.05. The molecule has 15 heteroatoms. The minimum absolute atomic E-state index is 0.0490. The lowest BCUT2D eigenvalue weighted by atomic mass is 9.90. The smallest absolute Gasteiger partial charge is 0.363 e. The van der Waals surface area contributed by atoms with Gasteiger partial charge in [-0.1, -0.05) is 6.07 Å². The molecule has 3 aromatic rings. The lowest BCUT2D eigenvalue weighted by Gasteiger charge is -2.44. The van der Waals surface area contributed by atoms with E-state index in [1.807, 2.05) is 17.2 Å². The standard InChI is InChI=1S/C32H37FN5O7PS/c33-29(46(42,43)44)19-4-7-27-20(14-19)15-28(47-27)30(39)35-24-3-1-2-22-5-6-26(38(22)31(24)40)32(41)37-17-21(18-37)23-16-34-9-8-25(23)36-10-12-45-13-11-36/h4,7-9,14-16,21-22,24,26,29H,1-3,5-6,10-13,17-18H2,(H,35,39)(H2,42,43,44)/t22-,24-,26-,29-/m0/s1. The maximum Gasteiger partial charge on any atom is 0.363 e. The molecular weight excluding hydrogens is 648 g/mol. The van der Waals surface area contributed by atoms with E-state index in [0.29, 0.717) is 54.1 Å². The Morgan fingerprint density at radius 1 is 1.09 bits per heavy atom. The van der Waals surface area contributed by atoms with Crippen LogP contribution in [0.4, 0.5) is 10.1 Å². The molecule has 7 rings (SSSR count). The molecule has 0 bridgehead atoms. The molecule has 0 saturated carbocycles. The maximum absolute atomic E-state index is 14.3. The van der Waals surface area contributed by atoms with Crippen LogP contribution in [0.2, 0.25) is 0 Å². The minimum Gasteiger partial charge on any atom is -0.378 e. The summed E-state index contributed by atoms with van der Waals surface area (Å²) in [6.07, 6.45) is 6.96. The molecule has 250 valence electrons. The van der Waals surface area contributed by atoms with Gasteiger partial charge >= 0.3 is 7.60 Å². The number of halogens is 1. The number of aromatic nitrogens is 1. The number of thiophene rings is 1. The Balaban J connectivity index is 1.01. The number of anilines is 1. The highest BCUT2D eigenvalue weighted by Crippen LogP contribution is 2.53. The highest BCUT2D eigenvalue weighted by Gasteiger charge is 2.48. The molecule has 4 atom stereocenters. The van der Waals surface area contributed by atoms with Crippen molar-refractivity contribution in [1.82, 2.24) is 20.1 Å². The van der Waals surface area contributed by atoms with Crippen LogP contribution in [0.3, 0.4) is 0 Å². The van der Waals surface area contributed by atoms with E-state index in [1.165, 1.54) is 24.3 Å². The number of ether oxygens (including phenoxy) is 1. The van der Waals surface area contributed by atoms with Gasteiger partial charge in [0.25, 0.3) is 5.91 Å². The summed E-state index contributed by atoms with van der Waals surface area (Å²) in [5.41, 5.74) is 2.09. The first-order chi connectivity index (χ1) is 22.6. The summed E-state index contributed by atoms with van der Waals surface area (Å²) in [4.78, 5) is 70.0. The van der Waals surface area contributed by atoms with Crippen LogP contribution in [-0.2, 0) is 18.9 Å². The summed E-state index contributed by atoms with van der Waals surface area (Å²) in [5, 5.41) is 3.35. The van der Waals surface area contributed by atoms with Gasteiger partial charge in [-0.3, -0.25) is 23.9 Å². The van der Waals surface area contributed by atoms with Crippen LogP contribution in [0.15, 0.2) is 42.7 Å². The van der Waals surface area contributed by atoms with E-state index >= 15 is 0 Å². The average Bonchev–Trinajstić information content (AvgIpc) is 3.64. The zero-order valence-electron chi connectivity index (χ0n) is 25.7. The van der Waals surface area contributed by atoms with Gasteiger partial charge in [0.1, 0.15) is 12.1 Å². The van der Waals surface area contributed by atoms with Crippen LogP contribution in [-0.4, -0.2) is 99.8 Å². The Bertz CT molecular complexity index is 1740. The first-order valence-corrected chi connectivity index (χ1v) is 18.5.